The van der Waals surface area contributed by atoms with Crippen LogP contribution in [0.5, 0.6) is 0 Å². The number of rotatable bonds is 3. The van der Waals surface area contributed by atoms with Gasteiger partial charge in [-0.1, -0.05) is 0 Å². The highest BCUT2D eigenvalue weighted by atomic mass is 19.1. The van der Waals surface area contributed by atoms with E-state index < -0.39 is 0 Å². The van der Waals surface area contributed by atoms with Crippen molar-refractivity contribution in [2.24, 2.45) is 7.05 Å². The lowest BCUT2D eigenvalue weighted by Gasteiger charge is -2.11. The molecule has 0 radical (unpaired) electrons. The van der Waals surface area contributed by atoms with E-state index in [-0.39, 0.29) is 11.9 Å². The molecule has 20 heavy (non-hydrogen) atoms. The molecule has 4 nitrogen and oxygen atoms in total. The van der Waals surface area contributed by atoms with E-state index in [0.717, 1.165) is 22.4 Å². The first-order valence-corrected chi connectivity index (χ1v) is 6.45. The second-order valence-corrected chi connectivity index (χ2v) is 4.87. The molecule has 104 valence electrons. The SMILES string of the molecule is CNC(c1ccn(C)n1)c1oc2ccc(F)cc2c1C. The van der Waals surface area contributed by atoms with Gasteiger partial charge in [0.05, 0.1) is 5.69 Å². The summed E-state index contributed by atoms with van der Waals surface area (Å²) in [6.45, 7) is 1.94. The van der Waals surface area contributed by atoms with Crippen molar-refractivity contribution in [2.45, 2.75) is 13.0 Å². The summed E-state index contributed by atoms with van der Waals surface area (Å²) < 4.78 is 21.0. The molecular formula is C15H16FN3O. The Morgan fingerprint density at radius 2 is 2.15 bits per heavy atom. The van der Waals surface area contributed by atoms with Crippen molar-refractivity contribution < 1.29 is 8.81 Å². The number of hydrogen-bond donors (Lipinski definition) is 1. The van der Waals surface area contributed by atoms with Crippen LogP contribution < -0.4 is 5.32 Å². The fraction of sp³-hybridized carbons (Fsp3) is 0.267. The number of benzene rings is 1. The Bertz CT molecular complexity index is 760. The van der Waals surface area contributed by atoms with E-state index in [1.54, 1.807) is 10.7 Å². The molecule has 1 unspecified atom stereocenters. The summed E-state index contributed by atoms with van der Waals surface area (Å²) in [5.41, 5.74) is 2.50. The van der Waals surface area contributed by atoms with Crippen molar-refractivity contribution in [3.05, 3.63) is 53.3 Å². The van der Waals surface area contributed by atoms with E-state index in [1.807, 2.05) is 33.3 Å². The predicted octanol–water partition coefficient (Wildman–Crippen LogP) is 2.92. The van der Waals surface area contributed by atoms with Crippen molar-refractivity contribution in [1.29, 1.82) is 0 Å². The van der Waals surface area contributed by atoms with Gasteiger partial charge in [0.25, 0.3) is 0 Å². The monoisotopic (exact) mass is 273 g/mol. The van der Waals surface area contributed by atoms with Gasteiger partial charge < -0.3 is 9.73 Å². The van der Waals surface area contributed by atoms with Gasteiger partial charge in [-0.3, -0.25) is 4.68 Å². The summed E-state index contributed by atoms with van der Waals surface area (Å²) in [6.07, 6.45) is 1.89. The molecule has 0 aliphatic carbocycles. The molecule has 0 bridgehead atoms. The third kappa shape index (κ3) is 2.00. The van der Waals surface area contributed by atoms with E-state index in [9.17, 15) is 4.39 Å². The van der Waals surface area contributed by atoms with Gasteiger partial charge in [-0.05, 0) is 38.2 Å². The fourth-order valence-electron chi connectivity index (χ4n) is 2.49. The number of furan rings is 1. The number of aromatic nitrogens is 2. The van der Waals surface area contributed by atoms with E-state index in [1.165, 1.54) is 12.1 Å². The molecule has 5 heteroatoms. The lowest BCUT2D eigenvalue weighted by atomic mass is 10.1. The van der Waals surface area contributed by atoms with Crippen molar-refractivity contribution in [2.75, 3.05) is 7.05 Å². The summed E-state index contributed by atoms with van der Waals surface area (Å²) in [5, 5.41) is 8.41. The average molecular weight is 273 g/mol. The number of nitrogens with zero attached hydrogens (tertiary/aromatic N) is 2. The van der Waals surface area contributed by atoms with Gasteiger partial charge in [0, 0.05) is 24.2 Å². The lowest BCUT2D eigenvalue weighted by Crippen LogP contribution is -2.18. The highest BCUT2D eigenvalue weighted by Crippen LogP contribution is 2.32. The minimum absolute atomic E-state index is 0.147. The number of fused-ring (bicyclic) bond motifs is 1. The molecule has 3 rings (SSSR count). The van der Waals surface area contributed by atoms with Crippen LogP contribution in [0.15, 0.2) is 34.9 Å². The molecule has 0 aliphatic rings. The molecule has 0 fully saturated rings. The van der Waals surface area contributed by atoms with Crippen molar-refractivity contribution >= 4 is 11.0 Å². The molecule has 0 saturated heterocycles. The van der Waals surface area contributed by atoms with E-state index >= 15 is 0 Å². The molecule has 3 aromatic rings. The standard InChI is InChI=1S/C15H16FN3O/c1-9-11-8-10(16)4-5-13(11)20-15(9)14(17-2)12-6-7-19(3)18-12/h4-8,14,17H,1-3H3. The number of nitrogens with one attached hydrogen (secondary N) is 1. The zero-order chi connectivity index (χ0) is 14.3. The molecule has 0 amide bonds. The fourth-order valence-corrected chi connectivity index (χ4v) is 2.49. The third-order valence-electron chi connectivity index (χ3n) is 3.52. The van der Waals surface area contributed by atoms with Gasteiger partial charge in [-0.15, -0.1) is 0 Å². The number of halogens is 1. The first-order valence-electron chi connectivity index (χ1n) is 6.45. The maximum atomic E-state index is 13.4. The van der Waals surface area contributed by atoms with Crippen LogP contribution in [0.4, 0.5) is 4.39 Å². The second kappa shape index (κ2) is 4.76. The van der Waals surface area contributed by atoms with E-state index in [4.69, 9.17) is 4.42 Å². The van der Waals surface area contributed by atoms with Gasteiger partial charge in [0.15, 0.2) is 0 Å². The molecule has 0 aliphatic heterocycles. The molecule has 1 atom stereocenters. The third-order valence-corrected chi connectivity index (χ3v) is 3.52. The zero-order valence-electron chi connectivity index (χ0n) is 11.6. The summed E-state index contributed by atoms with van der Waals surface area (Å²) in [7, 11) is 3.73. The lowest BCUT2D eigenvalue weighted by molar-refractivity contribution is 0.479. The molecule has 1 aromatic carbocycles. The van der Waals surface area contributed by atoms with Crippen LogP contribution in [0, 0.1) is 12.7 Å². The minimum atomic E-state index is -0.258. The highest BCUT2D eigenvalue weighted by molar-refractivity contribution is 5.82. The molecule has 0 saturated carbocycles. The molecule has 0 spiro atoms. The van der Waals surface area contributed by atoms with Crippen LogP contribution in [0.2, 0.25) is 0 Å². The van der Waals surface area contributed by atoms with Crippen LogP contribution in [0.3, 0.4) is 0 Å². The Labute approximate surface area is 116 Å². The zero-order valence-corrected chi connectivity index (χ0v) is 11.6. The van der Waals surface area contributed by atoms with Gasteiger partial charge >= 0.3 is 0 Å². The largest absolute Gasteiger partial charge is 0.459 e. The average Bonchev–Trinajstić information content (AvgIpc) is 2.97. The Hall–Kier alpha value is -2.14. The topological polar surface area (TPSA) is 43.0 Å². The number of aryl methyl sites for hydroxylation is 2. The van der Waals surface area contributed by atoms with Crippen LogP contribution in [-0.4, -0.2) is 16.8 Å². The summed E-state index contributed by atoms with van der Waals surface area (Å²) in [4.78, 5) is 0. The van der Waals surface area contributed by atoms with E-state index in [0.29, 0.717) is 5.58 Å². The minimum Gasteiger partial charge on any atom is -0.459 e. The number of hydrogen-bond acceptors (Lipinski definition) is 3. The van der Waals surface area contributed by atoms with Crippen molar-refractivity contribution in [3.63, 3.8) is 0 Å². The molecular weight excluding hydrogens is 257 g/mol. The maximum Gasteiger partial charge on any atom is 0.134 e. The smallest absolute Gasteiger partial charge is 0.134 e. The van der Waals surface area contributed by atoms with Gasteiger partial charge in [-0.25, -0.2) is 4.39 Å². The van der Waals surface area contributed by atoms with Crippen molar-refractivity contribution in [3.8, 4) is 0 Å². The summed E-state index contributed by atoms with van der Waals surface area (Å²) >= 11 is 0. The van der Waals surface area contributed by atoms with Crippen molar-refractivity contribution in [1.82, 2.24) is 15.1 Å². The summed E-state index contributed by atoms with van der Waals surface area (Å²) in [6, 6.07) is 6.36. The molecule has 2 heterocycles. The van der Waals surface area contributed by atoms with E-state index in [2.05, 4.69) is 10.4 Å². The normalized spacial score (nSPS) is 13.0. The second-order valence-electron chi connectivity index (χ2n) is 4.87. The van der Waals surface area contributed by atoms with Gasteiger partial charge in [0.1, 0.15) is 23.2 Å². The Balaban J connectivity index is 2.14. The maximum absolute atomic E-state index is 13.4. The Kier molecular flexibility index (Phi) is 3.06. The predicted molar refractivity (Wildman–Crippen MR) is 75.0 cm³/mol. The van der Waals surface area contributed by atoms with Crippen LogP contribution in [0.1, 0.15) is 23.1 Å². The van der Waals surface area contributed by atoms with Gasteiger partial charge in [-0.2, -0.15) is 5.10 Å². The summed E-state index contributed by atoms with van der Waals surface area (Å²) in [5.74, 6) is 0.513. The quantitative estimate of drug-likeness (QED) is 0.798. The first kappa shape index (κ1) is 12.9. The van der Waals surface area contributed by atoms with Crippen LogP contribution in [-0.2, 0) is 7.05 Å². The molecule has 1 N–H and O–H groups in total. The highest BCUT2D eigenvalue weighted by Gasteiger charge is 2.22. The first-order chi connectivity index (χ1) is 9.60. The Morgan fingerprint density at radius 1 is 1.35 bits per heavy atom. The van der Waals surface area contributed by atoms with Crippen LogP contribution in [0.25, 0.3) is 11.0 Å². The molecule has 2 aromatic heterocycles. The Morgan fingerprint density at radius 3 is 2.80 bits per heavy atom. The van der Waals surface area contributed by atoms with Crippen LogP contribution >= 0.6 is 0 Å². The van der Waals surface area contributed by atoms with Gasteiger partial charge in [0.2, 0.25) is 0 Å².